The molecule has 0 unspecified atom stereocenters. The van der Waals surface area contributed by atoms with Crippen LogP contribution in [0.5, 0.6) is 0 Å². The number of carbonyl (C=O) groups excluding carboxylic acids is 4. The number of ether oxygens (including phenoxy) is 1. The summed E-state index contributed by atoms with van der Waals surface area (Å²) < 4.78 is 32.8. The van der Waals surface area contributed by atoms with Gasteiger partial charge >= 0.3 is 6.09 Å². The Kier molecular flexibility index (Phi) is 8.35. The second-order valence-electron chi connectivity index (χ2n) is 12.0. The topological polar surface area (TPSA) is 139 Å². The minimum Gasteiger partial charge on any atom is -0.446 e. The fourth-order valence-electron chi connectivity index (χ4n) is 6.46. The molecule has 3 amide bonds. The number of hydrogen-bond acceptors (Lipinski definition) is 7. The third-order valence-corrected chi connectivity index (χ3v) is 10.9. The Hall–Kier alpha value is -2.43. The van der Waals surface area contributed by atoms with Crippen LogP contribution in [0.25, 0.3) is 0 Å². The Bertz CT molecular complexity index is 1110. The number of sulfonamides is 1. The van der Waals surface area contributed by atoms with Gasteiger partial charge in [-0.25, -0.2) is 13.2 Å². The van der Waals surface area contributed by atoms with Crippen molar-refractivity contribution < 1.29 is 32.3 Å². The number of amides is 3. The van der Waals surface area contributed by atoms with Gasteiger partial charge in [-0.2, -0.15) is 0 Å². The average molecular weight is 564 g/mol. The van der Waals surface area contributed by atoms with Gasteiger partial charge in [0.2, 0.25) is 21.8 Å². The minimum absolute atomic E-state index is 0.107. The highest BCUT2D eigenvalue weighted by Gasteiger charge is 2.61. The summed E-state index contributed by atoms with van der Waals surface area (Å²) in [7, 11) is -3.74. The molecular formula is C28H41N3O7S. The molecule has 0 bridgehead atoms. The van der Waals surface area contributed by atoms with Crippen molar-refractivity contribution >= 4 is 33.7 Å². The molecule has 1 saturated heterocycles. The zero-order valence-electron chi connectivity index (χ0n) is 22.6. The minimum atomic E-state index is -3.74. The van der Waals surface area contributed by atoms with Gasteiger partial charge < -0.3 is 15.0 Å². The normalized spacial score (nSPS) is 33.3. The molecule has 3 saturated carbocycles. The van der Waals surface area contributed by atoms with E-state index in [0.29, 0.717) is 45.1 Å². The first-order valence-corrected chi connectivity index (χ1v) is 16.3. The molecular weight excluding hydrogens is 522 g/mol. The molecule has 216 valence electrons. The molecule has 2 heterocycles. The summed E-state index contributed by atoms with van der Waals surface area (Å²) in [5.41, 5.74) is -1.10. The molecule has 4 fully saturated rings. The number of Topliss-reactive ketones (excluding diaryl/α,β-unsaturated/α-hetero) is 1. The number of fused-ring (bicyclic) bond motifs is 2. The van der Waals surface area contributed by atoms with Crippen LogP contribution >= 0.6 is 0 Å². The predicted octanol–water partition coefficient (Wildman–Crippen LogP) is 3.11. The van der Waals surface area contributed by atoms with E-state index < -0.39 is 44.8 Å². The second kappa shape index (κ2) is 11.6. The summed E-state index contributed by atoms with van der Waals surface area (Å²) in [6.07, 6.45) is 13.3. The monoisotopic (exact) mass is 563 g/mol. The van der Waals surface area contributed by atoms with E-state index in [1.165, 1.54) is 0 Å². The van der Waals surface area contributed by atoms with Gasteiger partial charge in [-0.05, 0) is 83.0 Å². The zero-order chi connectivity index (χ0) is 27.6. The average Bonchev–Trinajstić information content (AvgIpc) is 3.74. The molecule has 5 rings (SSSR count). The van der Waals surface area contributed by atoms with E-state index in [0.717, 1.165) is 51.4 Å². The summed E-state index contributed by atoms with van der Waals surface area (Å²) in [4.78, 5) is 54.8. The maximum absolute atomic E-state index is 13.7. The molecule has 0 aromatic heterocycles. The molecule has 10 nitrogen and oxygen atoms in total. The zero-order valence-corrected chi connectivity index (χ0v) is 23.4. The molecule has 0 spiro atoms. The van der Waals surface area contributed by atoms with Gasteiger partial charge in [0.25, 0.3) is 0 Å². The van der Waals surface area contributed by atoms with Crippen LogP contribution in [0.2, 0.25) is 0 Å². The molecule has 0 aromatic rings. The highest BCUT2D eigenvalue weighted by molar-refractivity contribution is 7.90. The SMILES string of the molecule is O=C(N[C@H]1CCCCC/C=C\[C@@H]2C[C@@]2(C(=O)NS(=O)(=O)C2CC2)CC(=O)[C@@H]2CCCN2C1=O)OC1CCCC1. The third kappa shape index (κ3) is 6.49. The van der Waals surface area contributed by atoms with E-state index in [9.17, 15) is 27.6 Å². The van der Waals surface area contributed by atoms with Crippen LogP contribution in [0, 0.1) is 11.3 Å². The van der Waals surface area contributed by atoms with Gasteiger partial charge in [0.15, 0.2) is 5.78 Å². The van der Waals surface area contributed by atoms with Crippen molar-refractivity contribution in [2.24, 2.45) is 11.3 Å². The lowest BCUT2D eigenvalue weighted by Gasteiger charge is -2.29. The number of rotatable bonds is 5. The van der Waals surface area contributed by atoms with Crippen molar-refractivity contribution in [2.45, 2.75) is 120 Å². The van der Waals surface area contributed by atoms with E-state index in [1.807, 2.05) is 12.2 Å². The van der Waals surface area contributed by atoms with Crippen molar-refractivity contribution in [2.75, 3.05) is 6.54 Å². The van der Waals surface area contributed by atoms with E-state index >= 15 is 0 Å². The first kappa shape index (κ1) is 28.1. The molecule has 4 atom stereocenters. The molecule has 0 aromatic carbocycles. The third-order valence-electron chi connectivity index (χ3n) is 9.08. The number of hydrogen-bond donors (Lipinski definition) is 2. The van der Waals surface area contributed by atoms with Crippen LogP contribution in [0.4, 0.5) is 4.79 Å². The first-order valence-electron chi connectivity index (χ1n) is 14.7. The smallest absolute Gasteiger partial charge is 0.408 e. The second-order valence-corrected chi connectivity index (χ2v) is 14.0. The Labute approximate surface area is 230 Å². The van der Waals surface area contributed by atoms with Gasteiger partial charge in [0.1, 0.15) is 12.1 Å². The lowest BCUT2D eigenvalue weighted by Crippen LogP contribution is -2.52. The summed E-state index contributed by atoms with van der Waals surface area (Å²) >= 11 is 0. The van der Waals surface area contributed by atoms with E-state index in [4.69, 9.17) is 4.74 Å². The highest BCUT2D eigenvalue weighted by atomic mass is 32.2. The van der Waals surface area contributed by atoms with Gasteiger partial charge in [-0.15, -0.1) is 0 Å². The Morgan fingerprint density at radius 3 is 2.44 bits per heavy atom. The summed E-state index contributed by atoms with van der Waals surface area (Å²) in [6.45, 7) is 0.406. The first-order chi connectivity index (χ1) is 18.7. The molecule has 2 aliphatic heterocycles. The molecule has 0 radical (unpaired) electrons. The highest BCUT2D eigenvalue weighted by Crippen LogP contribution is 2.57. The van der Waals surface area contributed by atoms with Gasteiger partial charge in [0.05, 0.1) is 16.7 Å². The molecule has 39 heavy (non-hydrogen) atoms. The molecule has 2 N–H and O–H groups in total. The number of nitrogens with zero attached hydrogens (tertiary/aromatic N) is 1. The Balaban J connectivity index is 1.32. The Morgan fingerprint density at radius 2 is 1.69 bits per heavy atom. The van der Waals surface area contributed by atoms with Crippen LogP contribution in [0.1, 0.15) is 96.3 Å². The van der Waals surface area contributed by atoms with Crippen LogP contribution in [0.15, 0.2) is 12.2 Å². The van der Waals surface area contributed by atoms with Crippen LogP contribution in [0.3, 0.4) is 0 Å². The van der Waals surface area contributed by atoms with Crippen LogP contribution in [-0.2, 0) is 29.1 Å². The van der Waals surface area contributed by atoms with Crippen molar-refractivity contribution in [1.29, 1.82) is 0 Å². The number of ketones is 1. The lowest BCUT2D eigenvalue weighted by molar-refractivity contribution is -0.140. The summed E-state index contributed by atoms with van der Waals surface area (Å²) in [5, 5.41) is 2.26. The maximum atomic E-state index is 13.7. The molecule has 5 aliphatic rings. The largest absolute Gasteiger partial charge is 0.446 e. The number of nitrogens with one attached hydrogen (secondary N) is 2. The molecule has 11 heteroatoms. The summed E-state index contributed by atoms with van der Waals surface area (Å²) in [5.74, 6) is -1.32. The maximum Gasteiger partial charge on any atom is 0.408 e. The fourth-order valence-corrected chi connectivity index (χ4v) is 7.84. The van der Waals surface area contributed by atoms with Crippen LogP contribution < -0.4 is 10.0 Å². The Morgan fingerprint density at radius 1 is 0.949 bits per heavy atom. The van der Waals surface area contributed by atoms with Crippen molar-refractivity contribution in [3.63, 3.8) is 0 Å². The molecule has 3 aliphatic carbocycles. The van der Waals surface area contributed by atoms with Crippen LogP contribution in [-0.4, -0.2) is 67.0 Å². The summed E-state index contributed by atoms with van der Waals surface area (Å²) in [6, 6.07) is -1.46. The number of carbonyl (C=O) groups is 4. The van der Waals surface area contributed by atoms with E-state index in [2.05, 4.69) is 10.0 Å². The van der Waals surface area contributed by atoms with Crippen molar-refractivity contribution in [1.82, 2.24) is 14.9 Å². The standard InChI is InChI=1S/C28H41N3O7S/c32-24-18-28(26(34)30-39(36,37)21-14-15-21)17-19(28)9-4-2-1-3-5-12-22(25(33)31-16-8-13-23(24)31)29-27(35)38-20-10-6-7-11-20/h4,9,19-23H,1-3,5-8,10-18H2,(H,29,35)(H,30,34)/b9-4-/t19-,22+,23+,28-/m1/s1. The van der Waals surface area contributed by atoms with Crippen molar-refractivity contribution in [3.8, 4) is 0 Å². The van der Waals surface area contributed by atoms with Gasteiger partial charge in [-0.3, -0.25) is 19.1 Å². The number of alkyl carbamates (subject to hydrolysis) is 1. The number of allylic oxidation sites excluding steroid dienone is 2. The van der Waals surface area contributed by atoms with E-state index in [-0.39, 0.29) is 30.1 Å². The lowest BCUT2D eigenvalue weighted by atomic mass is 9.91. The van der Waals surface area contributed by atoms with Crippen molar-refractivity contribution in [3.05, 3.63) is 12.2 Å². The fraction of sp³-hybridized carbons (Fsp3) is 0.786. The predicted molar refractivity (Wildman–Crippen MR) is 143 cm³/mol. The van der Waals surface area contributed by atoms with Gasteiger partial charge in [0, 0.05) is 13.0 Å². The van der Waals surface area contributed by atoms with Gasteiger partial charge in [-0.1, -0.05) is 25.0 Å². The van der Waals surface area contributed by atoms with E-state index in [1.54, 1.807) is 4.90 Å². The quantitative estimate of drug-likeness (QED) is 0.490.